The SMILES string of the molecule is C=CC[C@H]1c2cccc(C(=O)[O-])c2C(=O)N1c1ccc(F)cc1. The van der Waals surface area contributed by atoms with Crippen molar-refractivity contribution < 1.29 is 19.1 Å². The summed E-state index contributed by atoms with van der Waals surface area (Å²) >= 11 is 0. The first-order valence-corrected chi connectivity index (χ1v) is 7.09. The highest BCUT2D eigenvalue weighted by Crippen LogP contribution is 2.40. The van der Waals surface area contributed by atoms with Gasteiger partial charge in [0, 0.05) is 11.3 Å². The van der Waals surface area contributed by atoms with Crippen LogP contribution < -0.4 is 10.0 Å². The molecule has 1 aliphatic heterocycles. The van der Waals surface area contributed by atoms with Crippen molar-refractivity contribution in [3.8, 4) is 0 Å². The quantitative estimate of drug-likeness (QED) is 0.815. The van der Waals surface area contributed by atoms with Crippen molar-refractivity contribution in [2.24, 2.45) is 0 Å². The zero-order chi connectivity index (χ0) is 16.6. The van der Waals surface area contributed by atoms with Gasteiger partial charge in [-0.15, -0.1) is 6.58 Å². The van der Waals surface area contributed by atoms with Crippen LogP contribution in [0, 0.1) is 5.82 Å². The highest BCUT2D eigenvalue weighted by Gasteiger charge is 2.38. The standard InChI is InChI=1S/C18H14FNO3/c1-2-4-15-13-5-3-6-14(18(22)23)16(13)17(21)20(15)12-9-7-11(19)8-10-12/h2-3,5-10,15H,1,4H2,(H,22,23)/p-1/t15-/m0/s1. The number of hydrogen-bond donors (Lipinski definition) is 0. The van der Waals surface area contributed by atoms with Crippen LogP contribution in [0.25, 0.3) is 0 Å². The summed E-state index contributed by atoms with van der Waals surface area (Å²) in [5.74, 6) is -2.24. The second kappa shape index (κ2) is 5.68. The minimum Gasteiger partial charge on any atom is -0.545 e. The minimum atomic E-state index is -1.39. The summed E-state index contributed by atoms with van der Waals surface area (Å²) in [4.78, 5) is 25.6. The van der Waals surface area contributed by atoms with Gasteiger partial charge in [0.1, 0.15) is 5.82 Å². The van der Waals surface area contributed by atoms with Crippen LogP contribution in [0.4, 0.5) is 10.1 Å². The van der Waals surface area contributed by atoms with Gasteiger partial charge < -0.3 is 14.8 Å². The van der Waals surface area contributed by atoms with Crippen LogP contribution in [0.3, 0.4) is 0 Å². The molecule has 1 atom stereocenters. The first-order chi connectivity index (χ1) is 11.0. The molecule has 0 fully saturated rings. The summed E-state index contributed by atoms with van der Waals surface area (Å²) in [6.07, 6.45) is 2.11. The molecule has 116 valence electrons. The maximum atomic E-state index is 13.1. The largest absolute Gasteiger partial charge is 0.545 e. The van der Waals surface area contributed by atoms with Crippen LogP contribution >= 0.6 is 0 Å². The number of benzene rings is 2. The molecule has 0 saturated carbocycles. The highest BCUT2D eigenvalue weighted by molar-refractivity contribution is 6.15. The van der Waals surface area contributed by atoms with E-state index in [1.165, 1.54) is 35.2 Å². The molecule has 2 aromatic carbocycles. The number of halogens is 1. The Morgan fingerprint density at radius 1 is 1.26 bits per heavy atom. The smallest absolute Gasteiger partial charge is 0.259 e. The van der Waals surface area contributed by atoms with Gasteiger partial charge in [-0.3, -0.25) is 4.79 Å². The van der Waals surface area contributed by atoms with E-state index >= 15 is 0 Å². The van der Waals surface area contributed by atoms with Gasteiger partial charge in [-0.1, -0.05) is 24.3 Å². The Labute approximate surface area is 132 Å². The van der Waals surface area contributed by atoms with Gasteiger partial charge in [0.15, 0.2) is 0 Å². The summed E-state index contributed by atoms with van der Waals surface area (Å²) < 4.78 is 13.1. The summed E-state index contributed by atoms with van der Waals surface area (Å²) in [5, 5.41) is 11.3. The molecule has 1 amide bonds. The molecular formula is C18H13FNO3-. The number of rotatable bonds is 4. The summed E-state index contributed by atoms with van der Waals surface area (Å²) in [6, 6.07) is 9.79. The van der Waals surface area contributed by atoms with Gasteiger partial charge in [-0.2, -0.15) is 0 Å². The average Bonchev–Trinajstić information content (AvgIpc) is 2.81. The Balaban J connectivity index is 2.17. The van der Waals surface area contributed by atoms with Crippen molar-refractivity contribution in [2.75, 3.05) is 4.90 Å². The Morgan fingerprint density at radius 3 is 2.57 bits per heavy atom. The fourth-order valence-corrected chi connectivity index (χ4v) is 2.95. The molecular weight excluding hydrogens is 297 g/mol. The van der Waals surface area contributed by atoms with Gasteiger partial charge in [-0.05, 0) is 36.2 Å². The van der Waals surface area contributed by atoms with Crippen LogP contribution in [-0.2, 0) is 0 Å². The van der Waals surface area contributed by atoms with Crippen molar-refractivity contribution in [1.82, 2.24) is 0 Å². The molecule has 4 nitrogen and oxygen atoms in total. The third-order valence-electron chi connectivity index (χ3n) is 3.91. The van der Waals surface area contributed by atoms with Crippen molar-refractivity contribution in [1.29, 1.82) is 0 Å². The van der Waals surface area contributed by atoms with Gasteiger partial charge in [0.05, 0.1) is 17.6 Å². The number of nitrogens with zero attached hydrogens (tertiary/aromatic N) is 1. The normalized spacial score (nSPS) is 16.3. The van der Waals surface area contributed by atoms with Gasteiger partial charge in [0.2, 0.25) is 0 Å². The van der Waals surface area contributed by atoms with Gasteiger partial charge in [0.25, 0.3) is 5.91 Å². The maximum absolute atomic E-state index is 13.1. The van der Waals surface area contributed by atoms with E-state index in [1.807, 2.05) is 0 Å². The predicted molar refractivity (Wildman–Crippen MR) is 81.5 cm³/mol. The molecule has 0 bridgehead atoms. The topological polar surface area (TPSA) is 60.4 Å². The van der Waals surface area contributed by atoms with E-state index < -0.39 is 17.7 Å². The molecule has 0 radical (unpaired) electrons. The molecule has 2 aromatic rings. The zero-order valence-electron chi connectivity index (χ0n) is 12.2. The van der Waals surface area contributed by atoms with Crippen molar-refractivity contribution in [3.05, 3.63) is 77.6 Å². The Kier molecular flexibility index (Phi) is 3.70. The Morgan fingerprint density at radius 2 is 1.96 bits per heavy atom. The number of fused-ring (bicyclic) bond motifs is 1. The number of carbonyl (C=O) groups excluding carboxylic acids is 2. The lowest BCUT2D eigenvalue weighted by molar-refractivity contribution is -0.255. The van der Waals surface area contributed by atoms with E-state index in [0.29, 0.717) is 17.7 Å². The monoisotopic (exact) mass is 310 g/mol. The number of carbonyl (C=O) groups is 2. The van der Waals surface area contributed by atoms with Crippen LogP contribution in [0.2, 0.25) is 0 Å². The maximum Gasteiger partial charge on any atom is 0.259 e. The first-order valence-electron chi connectivity index (χ1n) is 7.09. The van der Waals surface area contributed by atoms with Crippen LogP contribution in [0.1, 0.15) is 38.7 Å². The molecule has 0 unspecified atom stereocenters. The second-order valence-electron chi connectivity index (χ2n) is 5.25. The lowest BCUT2D eigenvalue weighted by Gasteiger charge is -2.24. The zero-order valence-corrected chi connectivity index (χ0v) is 12.2. The first kappa shape index (κ1) is 15.0. The number of aromatic carboxylic acids is 1. The molecule has 23 heavy (non-hydrogen) atoms. The van der Waals surface area contributed by atoms with E-state index in [2.05, 4.69) is 6.58 Å². The second-order valence-corrected chi connectivity index (χ2v) is 5.25. The van der Waals surface area contributed by atoms with Crippen LogP contribution in [0.15, 0.2) is 55.1 Å². The number of carboxylic acid groups (broad SMARTS) is 1. The molecule has 0 spiro atoms. The van der Waals surface area contributed by atoms with E-state index in [4.69, 9.17) is 0 Å². The summed E-state index contributed by atoms with van der Waals surface area (Å²) in [7, 11) is 0. The van der Waals surface area contributed by atoms with E-state index in [1.54, 1.807) is 18.2 Å². The third-order valence-corrected chi connectivity index (χ3v) is 3.91. The molecule has 0 N–H and O–H groups in total. The predicted octanol–water partition coefficient (Wildman–Crippen LogP) is 2.47. The molecule has 1 aliphatic rings. The molecule has 3 rings (SSSR count). The number of anilines is 1. The molecule has 0 aliphatic carbocycles. The van der Waals surface area contributed by atoms with Crippen LogP contribution in [0.5, 0.6) is 0 Å². The molecule has 1 heterocycles. The molecule has 0 saturated heterocycles. The lowest BCUT2D eigenvalue weighted by atomic mass is 9.98. The highest BCUT2D eigenvalue weighted by atomic mass is 19.1. The molecule has 0 aromatic heterocycles. The van der Waals surface area contributed by atoms with Crippen LogP contribution in [-0.4, -0.2) is 11.9 Å². The van der Waals surface area contributed by atoms with Gasteiger partial charge in [-0.25, -0.2) is 4.39 Å². The fraction of sp³-hybridized carbons (Fsp3) is 0.111. The van der Waals surface area contributed by atoms with Crippen molar-refractivity contribution in [3.63, 3.8) is 0 Å². The third kappa shape index (κ3) is 2.40. The number of amides is 1. The lowest BCUT2D eigenvalue weighted by Crippen LogP contribution is -2.29. The number of carboxylic acids is 1. The fourth-order valence-electron chi connectivity index (χ4n) is 2.95. The Hall–Kier alpha value is -2.95. The summed E-state index contributed by atoms with van der Waals surface area (Å²) in [6.45, 7) is 3.70. The van der Waals surface area contributed by atoms with E-state index in [-0.39, 0.29) is 17.2 Å². The Bertz CT molecular complexity index is 798. The summed E-state index contributed by atoms with van der Waals surface area (Å²) in [5.41, 5.74) is 1.11. The van der Waals surface area contributed by atoms with Gasteiger partial charge >= 0.3 is 0 Å². The van der Waals surface area contributed by atoms with Crippen molar-refractivity contribution >= 4 is 17.6 Å². The van der Waals surface area contributed by atoms with Crippen molar-refractivity contribution in [2.45, 2.75) is 12.5 Å². The minimum absolute atomic E-state index is 0.128. The van der Waals surface area contributed by atoms with E-state index in [0.717, 1.165) is 0 Å². The average molecular weight is 310 g/mol. The molecule has 5 heteroatoms. The van der Waals surface area contributed by atoms with E-state index in [9.17, 15) is 19.1 Å². The number of hydrogen-bond acceptors (Lipinski definition) is 3.